The molecule has 3 nitrogen and oxygen atoms in total. The lowest BCUT2D eigenvalue weighted by atomic mass is 9.77. The Morgan fingerprint density at radius 3 is 1.85 bits per heavy atom. The Morgan fingerprint density at radius 2 is 1.38 bits per heavy atom. The number of carbonyl (C=O) groups is 2. The third kappa shape index (κ3) is 4.79. The lowest BCUT2D eigenvalue weighted by Gasteiger charge is -2.26. The Morgan fingerprint density at radius 1 is 0.885 bits per heavy atom. The van der Waals surface area contributed by atoms with Gasteiger partial charge in [-0.25, -0.2) is 4.79 Å². The fourth-order valence-electron chi connectivity index (χ4n) is 2.71. The van der Waals surface area contributed by atoms with Crippen LogP contribution in [0.1, 0.15) is 36.1 Å². The molecule has 0 fully saturated rings. The summed E-state index contributed by atoms with van der Waals surface area (Å²) in [5.41, 5.74) is 4.05. The third-order valence-electron chi connectivity index (χ3n) is 4.51. The van der Waals surface area contributed by atoms with E-state index >= 15 is 0 Å². The van der Waals surface area contributed by atoms with E-state index in [0.717, 1.165) is 28.3 Å². The zero-order valence-electron chi connectivity index (χ0n) is 15.3. The average molecular weight is 348 g/mol. The highest BCUT2D eigenvalue weighted by Crippen LogP contribution is 2.31. The summed E-state index contributed by atoms with van der Waals surface area (Å²) in [7, 11) is 0. The first-order valence-corrected chi connectivity index (χ1v) is 8.50. The van der Waals surface area contributed by atoms with Crippen LogP contribution in [0.2, 0.25) is 0 Å². The largest absolute Gasteiger partial charge is 0.458 e. The van der Waals surface area contributed by atoms with E-state index < -0.39 is 5.97 Å². The van der Waals surface area contributed by atoms with Crippen LogP contribution in [0.25, 0.3) is 0 Å². The van der Waals surface area contributed by atoms with Crippen molar-refractivity contribution >= 4 is 11.8 Å². The second-order valence-corrected chi connectivity index (χ2v) is 6.68. The second-order valence-electron chi connectivity index (χ2n) is 6.68. The molecule has 2 aromatic rings. The van der Waals surface area contributed by atoms with Gasteiger partial charge in [-0.15, -0.1) is 0 Å². The predicted octanol–water partition coefficient (Wildman–Crippen LogP) is 4.54. The van der Waals surface area contributed by atoms with Crippen LogP contribution in [0.5, 0.6) is 0 Å². The van der Waals surface area contributed by atoms with E-state index in [4.69, 9.17) is 4.74 Å². The zero-order valence-corrected chi connectivity index (χ0v) is 15.3. The van der Waals surface area contributed by atoms with Crippen molar-refractivity contribution in [1.82, 2.24) is 0 Å². The number of ketones is 1. The van der Waals surface area contributed by atoms with E-state index in [2.05, 4.69) is 39.1 Å². The van der Waals surface area contributed by atoms with Crippen molar-refractivity contribution < 1.29 is 14.3 Å². The summed E-state index contributed by atoms with van der Waals surface area (Å²) in [6.07, 6.45) is 2.89. The minimum absolute atomic E-state index is 0.0183. The van der Waals surface area contributed by atoms with Gasteiger partial charge in [0.25, 0.3) is 0 Å². The van der Waals surface area contributed by atoms with Gasteiger partial charge in [0.15, 0.2) is 5.78 Å². The molecule has 3 heteroatoms. The van der Waals surface area contributed by atoms with Crippen molar-refractivity contribution in [3.63, 3.8) is 0 Å². The maximum atomic E-state index is 11.5. The number of allylic oxidation sites excluding steroid dienone is 1. The van der Waals surface area contributed by atoms with Gasteiger partial charge in [0.05, 0.1) is 0 Å². The summed E-state index contributed by atoms with van der Waals surface area (Å²) in [6, 6.07) is 16.1. The predicted molar refractivity (Wildman–Crippen MR) is 104 cm³/mol. The Balaban J connectivity index is 2.13. The van der Waals surface area contributed by atoms with Gasteiger partial charge in [-0.1, -0.05) is 75.5 Å². The van der Waals surface area contributed by atoms with Crippen molar-refractivity contribution in [2.45, 2.75) is 32.3 Å². The quantitative estimate of drug-likeness (QED) is 0.520. The van der Waals surface area contributed by atoms with Gasteiger partial charge >= 0.3 is 5.97 Å². The lowest BCUT2D eigenvalue weighted by Crippen LogP contribution is -2.19. The van der Waals surface area contributed by atoms with Crippen molar-refractivity contribution in [1.29, 1.82) is 0 Å². The molecule has 26 heavy (non-hydrogen) atoms. The molecule has 0 aliphatic rings. The number of hydrogen-bond acceptors (Lipinski definition) is 3. The van der Waals surface area contributed by atoms with Crippen LogP contribution in [0, 0.1) is 0 Å². The van der Waals surface area contributed by atoms with Crippen LogP contribution < -0.4 is 0 Å². The molecule has 0 amide bonds. The number of benzene rings is 2. The molecule has 2 aromatic carbocycles. The molecule has 0 aromatic heterocycles. The van der Waals surface area contributed by atoms with Crippen molar-refractivity contribution in [3.05, 3.63) is 96.1 Å². The van der Waals surface area contributed by atoms with Crippen LogP contribution >= 0.6 is 0 Å². The normalized spacial score (nSPS) is 10.8. The first-order chi connectivity index (χ1) is 12.4. The Hall–Kier alpha value is -2.94. The molecular formula is C23H24O3. The van der Waals surface area contributed by atoms with Crippen LogP contribution in [0.15, 0.2) is 73.8 Å². The van der Waals surface area contributed by atoms with E-state index in [9.17, 15) is 9.59 Å². The highest BCUT2D eigenvalue weighted by Gasteiger charge is 2.23. The number of rotatable bonds is 8. The fraction of sp³-hybridized carbons (Fsp3) is 0.217. The van der Waals surface area contributed by atoms with E-state index in [0.29, 0.717) is 6.42 Å². The Kier molecular flexibility index (Phi) is 6.29. The Bertz CT molecular complexity index is 796. The Labute approximate surface area is 155 Å². The molecule has 0 aliphatic heterocycles. The molecule has 2 rings (SSSR count). The van der Waals surface area contributed by atoms with Crippen LogP contribution in [-0.4, -0.2) is 11.8 Å². The molecule has 0 unspecified atom stereocenters. The van der Waals surface area contributed by atoms with Crippen molar-refractivity contribution in [3.8, 4) is 0 Å². The summed E-state index contributed by atoms with van der Waals surface area (Å²) in [5.74, 6) is -0.408. The van der Waals surface area contributed by atoms with Crippen molar-refractivity contribution in [2.24, 2.45) is 0 Å². The second kappa shape index (κ2) is 8.43. The molecule has 0 bridgehead atoms. The number of hydrogen-bond donors (Lipinski definition) is 0. The van der Waals surface area contributed by atoms with E-state index in [1.807, 2.05) is 36.4 Å². The lowest BCUT2D eigenvalue weighted by molar-refractivity contribution is -0.139. The molecule has 0 aliphatic carbocycles. The molecule has 0 heterocycles. The monoisotopic (exact) mass is 348 g/mol. The van der Waals surface area contributed by atoms with Crippen LogP contribution in [0.3, 0.4) is 0 Å². The van der Waals surface area contributed by atoms with Gasteiger partial charge in [0.2, 0.25) is 0 Å². The SMILES string of the molecule is C=CC(=O)Cc1ccc(C(C)(C)c2ccc(COC(=O)C=C)cc2)cc1. The third-order valence-corrected chi connectivity index (χ3v) is 4.51. The topological polar surface area (TPSA) is 43.4 Å². The van der Waals surface area contributed by atoms with Crippen molar-refractivity contribution in [2.75, 3.05) is 0 Å². The van der Waals surface area contributed by atoms with E-state index in [1.165, 1.54) is 6.08 Å². The maximum Gasteiger partial charge on any atom is 0.330 e. The zero-order chi connectivity index (χ0) is 19.2. The van der Waals surface area contributed by atoms with Gasteiger partial charge in [-0.3, -0.25) is 4.79 Å². The highest BCUT2D eigenvalue weighted by molar-refractivity contribution is 5.90. The van der Waals surface area contributed by atoms with Crippen LogP contribution in [-0.2, 0) is 32.8 Å². The van der Waals surface area contributed by atoms with Gasteiger partial charge in [0, 0.05) is 17.9 Å². The van der Waals surface area contributed by atoms with Gasteiger partial charge in [-0.05, 0) is 28.3 Å². The molecule has 134 valence electrons. The average Bonchev–Trinajstić information content (AvgIpc) is 2.66. The minimum atomic E-state index is -0.426. The smallest absolute Gasteiger partial charge is 0.330 e. The van der Waals surface area contributed by atoms with Gasteiger partial charge < -0.3 is 4.74 Å². The molecule has 0 radical (unpaired) electrons. The summed E-state index contributed by atoms with van der Waals surface area (Å²) in [4.78, 5) is 22.6. The summed E-state index contributed by atoms with van der Waals surface area (Å²) >= 11 is 0. The van der Waals surface area contributed by atoms with E-state index in [1.54, 1.807) is 0 Å². The van der Waals surface area contributed by atoms with Gasteiger partial charge in [-0.2, -0.15) is 0 Å². The highest BCUT2D eigenvalue weighted by atomic mass is 16.5. The molecule has 0 saturated carbocycles. The van der Waals surface area contributed by atoms with Crippen LogP contribution in [0.4, 0.5) is 0 Å². The fourth-order valence-corrected chi connectivity index (χ4v) is 2.71. The summed E-state index contributed by atoms with van der Waals surface area (Å²) in [6.45, 7) is 11.4. The molecule has 0 atom stereocenters. The maximum absolute atomic E-state index is 11.5. The first-order valence-electron chi connectivity index (χ1n) is 8.50. The summed E-state index contributed by atoms with van der Waals surface area (Å²) < 4.78 is 5.05. The standard InChI is InChI=1S/C23H24O3/c1-5-21(24)15-17-7-11-19(12-8-17)23(3,4)20-13-9-18(10-14-20)16-26-22(25)6-2/h5-14H,1-2,15-16H2,3-4H3. The number of esters is 1. The molecule has 0 saturated heterocycles. The minimum Gasteiger partial charge on any atom is -0.458 e. The number of ether oxygens (including phenoxy) is 1. The summed E-state index contributed by atoms with van der Waals surface area (Å²) in [5, 5.41) is 0. The van der Waals surface area contributed by atoms with Gasteiger partial charge in [0.1, 0.15) is 6.61 Å². The number of carbonyl (C=O) groups excluding carboxylic acids is 2. The molecule has 0 spiro atoms. The van der Waals surface area contributed by atoms with E-state index in [-0.39, 0.29) is 17.8 Å². The molecular weight excluding hydrogens is 324 g/mol. The molecule has 0 N–H and O–H groups in total. The first kappa shape index (κ1) is 19.4.